The zero-order valence-corrected chi connectivity index (χ0v) is 32.1. The Morgan fingerprint density at radius 1 is 1.22 bits per heavy atom. The van der Waals surface area contributed by atoms with Crippen LogP contribution in [0.3, 0.4) is 0 Å². The van der Waals surface area contributed by atoms with Gasteiger partial charge in [-0.3, -0.25) is 14.9 Å². The molecular formula is C37H52ClN3O10. The minimum atomic E-state index is -1.82. The Kier molecular flexibility index (Phi) is 11.9. The van der Waals surface area contributed by atoms with Crippen molar-refractivity contribution in [2.24, 2.45) is 11.3 Å². The van der Waals surface area contributed by atoms with Gasteiger partial charge in [-0.25, -0.2) is 9.59 Å². The lowest BCUT2D eigenvalue weighted by atomic mass is 9.83. The highest BCUT2D eigenvalue weighted by atomic mass is 35.5. The fourth-order valence-corrected chi connectivity index (χ4v) is 7.02. The first kappa shape index (κ1) is 40.1. The number of carbonyl (C=O) groups excluding carboxylic acids is 4. The Labute approximate surface area is 305 Å². The van der Waals surface area contributed by atoms with Crippen LogP contribution < -0.4 is 15.0 Å². The topological polar surface area (TPSA) is 156 Å². The van der Waals surface area contributed by atoms with Crippen LogP contribution in [0.15, 0.2) is 35.9 Å². The van der Waals surface area contributed by atoms with E-state index in [-0.39, 0.29) is 23.8 Å². The molecule has 0 aliphatic carbocycles. The number of nitrogens with zero attached hydrogens (tertiary/aromatic N) is 2. The van der Waals surface area contributed by atoms with Gasteiger partial charge in [0.25, 0.3) is 0 Å². The standard InChI is InChI=1S/C37H52ClN3O10/c1-20-13-12-14-27(48-11)37(46)19-26(49-34(45)39-37)21(2)31-36(7,51-31)28(50-32(43)22(3)40(8)33(44)35(4,5)6)18-29(42)41(9)24-16-23(15-20)17-25(47-10)30(24)38/h12-14,16-17,21-22,26-28,31,46H,15,18-19H2,1-11H3,(H,39,45)/b14-12+,20-13+/t21-,22+,26+,27-,28+,31+,36+,37+/m1/s1. The highest BCUT2D eigenvalue weighted by Gasteiger charge is 2.64. The molecule has 14 heteroatoms. The number of carbonyl (C=O) groups is 4. The number of benzene rings is 1. The molecule has 282 valence electrons. The van der Waals surface area contributed by atoms with E-state index < -0.39 is 71.1 Å². The first-order valence-corrected chi connectivity index (χ1v) is 17.4. The number of methoxy groups -OCH3 is 2. The number of fused-ring (bicyclic) bond motifs is 5. The SMILES string of the molecule is COc1cc2cc(c1Cl)N(C)C(=O)C[C@H](OC(=O)[C@H](C)N(C)C(=O)C(C)(C)C)[C@]1(C)O[C@H]1[C@H](C)[C@@H]1C[C@@](O)(NC(=O)O1)[C@H](OC)/C=C/C=C(\C)C2. The molecule has 1 aromatic carbocycles. The first-order valence-electron chi connectivity index (χ1n) is 17.0. The summed E-state index contributed by atoms with van der Waals surface area (Å²) >= 11 is 6.75. The summed E-state index contributed by atoms with van der Waals surface area (Å²) in [6.07, 6.45) is 0.973. The Morgan fingerprint density at radius 3 is 2.49 bits per heavy atom. The predicted molar refractivity (Wildman–Crippen MR) is 190 cm³/mol. The smallest absolute Gasteiger partial charge is 0.409 e. The Hall–Kier alpha value is -3.65. The Bertz CT molecular complexity index is 1590. The van der Waals surface area contributed by atoms with Crippen molar-refractivity contribution in [3.8, 4) is 5.75 Å². The summed E-state index contributed by atoms with van der Waals surface area (Å²) in [6, 6.07) is 2.61. The van der Waals surface area contributed by atoms with E-state index >= 15 is 0 Å². The molecule has 3 heterocycles. The number of nitrogens with one attached hydrogen (secondary N) is 1. The highest BCUT2D eigenvalue weighted by molar-refractivity contribution is 6.35. The van der Waals surface area contributed by atoms with Gasteiger partial charge in [-0.1, -0.05) is 63.1 Å². The molecule has 3 aliphatic rings. The van der Waals surface area contributed by atoms with Crippen molar-refractivity contribution in [1.29, 1.82) is 0 Å². The molecule has 0 saturated carbocycles. The fraction of sp³-hybridized carbons (Fsp3) is 0.622. The minimum absolute atomic E-state index is 0.0472. The maximum atomic E-state index is 14.1. The van der Waals surface area contributed by atoms with E-state index in [0.717, 1.165) is 11.1 Å². The van der Waals surface area contributed by atoms with Crippen molar-refractivity contribution >= 4 is 41.2 Å². The van der Waals surface area contributed by atoms with E-state index in [0.29, 0.717) is 17.9 Å². The van der Waals surface area contributed by atoms with Crippen LogP contribution >= 0.6 is 11.6 Å². The lowest BCUT2D eigenvalue weighted by molar-refractivity contribution is -0.163. The van der Waals surface area contributed by atoms with E-state index in [4.69, 9.17) is 35.3 Å². The molecule has 0 aromatic heterocycles. The number of hydrogen-bond donors (Lipinski definition) is 2. The molecule has 3 aliphatic heterocycles. The van der Waals surface area contributed by atoms with Crippen molar-refractivity contribution in [1.82, 2.24) is 10.2 Å². The van der Waals surface area contributed by atoms with Crippen molar-refractivity contribution < 1.29 is 48.0 Å². The van der Waals surface area contributed by atoms with Crippen LogP contribution in [0.5, 0.6) is 5.75 Å². The summed E-state index contributed by atoms with van der Waals surface area (Å²) in [5, 5.41) is 14.4. The van der Waals surface area contributed by atoms with Crippen LogP contribution in [-0.2, 0) is 39.8 Å². The average molecular weight is 734 g/mol. The van der Waals surface area contributed by atoms with Crippen molar-refractivity contribution in [3.05, 3.63) is 46.5 Å². The molecule has 2 N–H and O–H groups in total. The Morgan fingerprint density at radius 2 is 1.88 bits per heavy atom. The van der Waals surface area contributed by atoms with Crippen molar-refractivity contribution in [2.45, 2.75) is 110 Å². The summed E-state index contributed by atoms with van der Waals surface area (Å²) in [6.45, 7) is 12.3. The number of rotatable bonds is 5. The molecule has 4 rings (SSSR count). The molecule has 13 nitrogen and oxygen atoms in total. The summed E-state index contributed by atoms with van der Waals surface area (Å²) < 4.78 is 29.2. The van der Waals surface area contributed by atoms with Crippen LogP contribution in [0.1, 0.15) is 66.9 Å². The van der Waals surface area contributed by atoms with Gasteiger partial charge in [0.05, 0.1) is 25.3 Å². The third-order valence-corrected chi connectivity index (χ3v) is 10.5. The van der Waals surface area contributed by atoms with E-state index in [1.807, 2.05) is 13.0 Å². The van der Waals surface area contributed by atoms with Gasteiger partial charge in [0, 0.05) is 39.0 Å². The number of likely N-dealkylation sites (N-methyl/N-ethyl adjacent to an activating group) is 1. The van der Waals surface area contributed by atoms with Gasteiger partial charge in [0.15, 0.2) is 5.72 Å². The van der Waals surface area contributed by atoms with Crippen molar-refractivity contribution in [2.75, 3.05) is 33.2 Å². The molecule has 0 unspecified atom stereocenters. The van der Waals surface area contributed by atoms with Crippen molar-refractivity contribution in [3.63, 3.8) is 0 Å². The van der Waals surface area contributed by atoms with Crippen LogP contribution in [0.25, 0.3) is 0 Å². The third kappa shape index (κ3) is 8.54. The van der Waals surface area contributed by atoms with E-state index in [2.05, 4.69) is 5.32 Å². The number of esters is 1. The Balaban J connectivity index is 1.78. The van der Waals surface area contributed by atoms with Gasteiger partial charge in [0.2, 0.25) is 11.8 Å². The van der Waals surface area contributed by atoms with Gasteiger partial charge in [0.1, 0.15) is 40.7 Å². The zero-order valence-electron chi connectivity index (χ0n) is 31.4. The predicted octanol–water partition coefficient (Wildman–Crippen LogP) is 4.56. The summed E-state index contributed by atoms with van der Waals surface area (Å²) in [5.41, 5.74) is -1.64. The monoisotopic (exact) mass is 733 g/mol. The normalized spacial score (nSPS) is 32.3. The summed E-state index contributed by atoms with van der Waals surface area (Å²) in [5.74, 6) is -1.56. The molecule has 2 saturated heterocycles. The minimum Gasteiger partial charge on any atom is -0.495 e. The number of aliphatic hydroxyl groups is 1. The molecule has 2 fully saturated rings. The van der Waals surface area contributed by atoms with Crippen LogP contribution in [0.4, 0.5) is 10.5 Å². The first-order chi connectivity index (χ1) is 23.7. The molecule has 0 spiro atoms. The average Bonchev–Trinajstić information content (AvgIpc) is 3.75. The molecule has 4 bridgehead atoms. The summed E-state index contributed by atoms with van der Waals surface area (Å²) in [7, 11) is 6.03. The van der Waals surface area contributed by atoms with Gasteiger partial charge in [-0.2, -0.15) is 0 Å². The zero-order chi connectivity index (χ0) is 38.2. The number of anilines is 1. The van der Waals surface area contributed by atoms with Gasteiger partial charge in [-0.05, 0) is 44.9 Å². The quantitative estimate of drug-likeness (QED) is 0.325. The third-order valence-electron chi connectivity index (χ3n) is 10.1. The highest BCUT2D eigenvalue weighted by Crippen LogP contribution is 2.49. The van der Waals surface area contributed by atoms with Crippen LogP contribution in [0.2, 0.25) is 5.02 Å². The number of allylic oxidation sites excluding steroid dienone is 3. The maximum Gasteiger partial charge on any atom is 0.409 e. The molecule has 8 atom stereocenters. The van der Waals surface area contributed by atoms with Gasteiger partial charge < -0.3 is 38.6 Å². The number of amides is 3. The number of hydrogen-bond acceptors (Lipinski definition) is 10. The molecule has 51 heavy (non-hydrogen) atoms. The molecular weight excluding hydrogens is 682 g/mol. The number of ether oxygens (including phenoxy) is 5. The second-order valence-electron chi connectivity index (χ2n) is 15.1. The number of alkyl carbamates (subject to hydrolysis) is 1. The maximum absolute atomic E-state index is 14.1. The summed E-state index contributed by atoms with van der Waals surface area (Å²) in [4.78, 5) is 56.3. The fourth-order valence-electron chi connectivity index (χ4n) is 6.71. The van der Waals surface area contributed by atoms with Gasteiger partial charge in [-0.15, -0.1) is 0 Å². The van der Waals surface area contributed by atoms with Crippen LogP contribution in [0, 0.1) is 11.3 Å². The second kappa shape index (κ2) is 15.1. The molecule has 3 amide bonds. The number of epoxide rings is 1. The second-order valence-corrected chi connectivity index (χ2v) is 15.4. The van der Waals surface area contributed by atoms with E-state index in [9.17, 15) is 24.3 Å². The largest absolute Gasteiger partial charge is 0.495 e. The lowest BCUT2D eigenvalue weighted by Gasteiger charge is -2.42. The van der Waals surface area contributed by atoms with E-state index in [1.165, 1.54) is 31.1 Å². The molecule has 1 aromatic rings. The van der Waals surface area contributed by atoms with E-state index in [1.54, 1.807) is 72.9 Å². The van der Waals surface area contributed by atoms with Crippen LogP contribution in [-0.4, -0.2) is 104 Å². The number of halogens is 1. The molecule has 0 radical (unpaired) electrons. The van der Waals surface area contributed by atoms with Gasteiger partial charge >= 0.3 is 12.1 Å². The lowest BCUT2D eigenvalue weighted by Crippen LogP contribution is -2.63.